The number of hydrogen-bond donors (Lipinski definition) is 2. The van der Waals surface area contributed by atoms with Gasteiger partial charge in [0.05, 0.1) is 10.7 Å². The van der Waals surface area contributed by atoms with Crippen molar-refractivity contribution in [2.45, 2.75) is 19.4 Å². The van der Waals surface area contributed by atoms with Crippen LogP contribution in [0.25, 0.3) is 0 Å². The minimum Gasteiger partial charge on any atom is -0.352 e. The summed E-state index contributed by atoms with van der Waals surface area (Å²) in [6.07, 6.45) is 0.181. The number of amides is 2. The normalized spacial score (nSPS) is 10.2. The first-order chi connectivity index (χ1) is 11.0. The average Bonchev–Trinajstić information content (AvgIpc) is 2.55. The summed E-state index contributed by atoms with van der Waals surface area (Å²) in [4.78, 5) is 23.6. The van der Waals surface area contributed by atoms with Gasteiger partial charge in [0.2, 0.25) is 11.8 Å². The van der Waals surface area contributed by atoms with Crippen LogP contribution in [0.1, 0.15) is 18.4 Å². The topological polar surface area (TPSA) is 58.2 Å². The van der Waals surface area contributed by atoms with E-state index in [1.807, 2.05) is 30.3 Å². The number of benzene rings is 2. The summed E-state index contributed by atoms with van der Waals surface area (Å²) in [6.45, 7) is 0.446. The summed E-state index contributed by atoms with van der Waals surface area (Å²) in [7, 11) is 0. The first-order valence-corrected chi connectivity index (χ1v) is 7.86. The number of nitrogens with one attached hydrogen (secondary N) is 2. The Balaban J connectivity index is 1.75. The Morgan fingerprint density at radius 1 is 0.913 bits per heavy atom. The van der Waals surface area contributed by atoms with E-state index >= 15 is 0 Å². The van der Waals surface area contributed by atoms with Crippen LogP contribution in [0.15, 0.2) is 48.5 Å². The maximum Gasteiger partial charge on any atom is 0.224 e. The maximum atomic E-state index is 11.9. The third-order valence-corrected chi connectivity index (χ3v) is 3.68. The zero-order valence-corrected chi connectivity index (χ0v) is 13.8. The molecule has 0 saturated heterocycles. The summed E-state index contributed by atoms with van der Waals surface area (Å²) in [5.41, 5.74) is 1.45. The fraction of sp³-hybridized carbons (Fsp3) is 0.176. The van der Waals surface area contributed by atoms with Gasteiger partial charge in [-0.3, -0.25) is 9.59 Å². The second kappa shape index (κ2) is 8.56. The molecule has 2 N–H and O–H groups in total. The molecule has 0 atom stereocenters. The maximum absolute atomic E-state index is 11.9. The molecule has 2 amide bonds. The van der Waals surface area contributed by atoms with Crippen molar-refractivity contribution in [3.63, 3.8) is 0 Å². The lowest BCUT2D eigenvalue weighted by Gasteiger charge is -2.08. The van der Waals surface area contributed by atoms with Gasteiger partial charge in [-0.15, -0.1) is 0 Å². The molecule has 2 aromatic rings. The summed E-state index contributed by atoms with van der Waals surface area (Å²) in [5, 5.41) is 6.29. The lowest BCUT2D eigenvalue weighted by atomic mass is 10.2. The van der Waals surface area contributed by atoms with Gasteiger partial charge in [-0.2, -0.15) is 0 Å². The molecule has 2 aromatic carbocycles. The van der Waals surface area contributed by atoms with E-state index in [-0.39, 0.29) is 24.7 Å². The molecule has 0 unspecified atom stereocenters. The number of carbonyl (C=O) groups is 2. The molecule has 0 saturated carbocycles. The van der Waals surface area contributed by atoms with Gasteiger partial charge >= 0.3 is 0 Å². The predicted molar refractivity (Wildman–Crippen MR) is 92.6 cm³/mol. The summed E-state index contributed by atoms with van der Waals surface area (Å²) in [6, 6.07) is 14.4. The molecule has 23 heavy (non-hydrogen) atoms. The Bertz CT molecular complexity index is 690. The molecule has 0 aliphatic heterocycles. The molecule has 0 aliphatic carbocycles. The van der Waals surface area contributed by atoms with Gasteiger partial charge in [-0.05, 0) is 23.8 Å². The Hall–Kier alpha value is -2.04. The van der Waals surface area contributed by atoms with Crippen molar-refractivity contribution in [1.29, 1.82) is 0 Å². The number of anilines is 1. The van der Waals surface area contributed by atoms with Gasteiger partial charge in [-0.25, -0.2) is 0 Å². The van der Waals surface area contributed by atoms with E-state index in [0.717, 1.165) is 5.56 Å². The van der Waals surface area contributed by atoms with Gasteiger partial charge in [0.25, 0.3) is 0 Å². The van der Waals surface area contributed by atoms with Crippen LogP contribution < -0.4 is 10.6 Å². The van der Waals surface area contributed by atoms with Crippen LogP contribution in [0.2, 0.25) is 10.0 Å². The van der Waals surface area contributed by atoms with Crippen LogP contribution in [0.3, 0.4) is 0 Å². The number of carbonyl (C=O) groups excluding carboxylic acids is 2. The minimum atomic E-state index is -0.288. The van der Waals surface area contributed by atoms with Crippen molar-refractivity contribution in [2.24, 2.45) is 0 Å². The van der Waals surface area contributed by atoms with Crippen LogP contribution in [0.5, 0.6) is 0 Å². The second-order valence-electron chi connectivity index (χ2n) is 4.93. The summed E-state index contributed by atoms with van der Waals surface area (Å²) in [5.74, 6) is -0.467. The summed E-state index contributed by atoms with van der Waals surface area (Å²) < 4.78 is 0. The first kappa shape index (κ1) is 17.3. The van der Waals surface area contributed by atoms with E-state index in [0.29, 0.717) is 22.3 Å². The van der Waals surface area contributed by atoms with Crippen LogP contribution in [0.4, 0.5) is 5.69 Å². The molecule has 6 heteroatoms. The number of halogens is 2. The number of rotatable bonds is 6. The highest BCUT2D eigenvalue weighted by atomic mass is 35.5. The molecule has 0 spiro atoms. The third-order valence-electron chi connectivity index (χ3n) is 3.11. The van der Waals surface area contributed by atoms with E-state index in [4.69, 9.17) is 23.2 Å². The molecule has 2 rings (SSSR count). The lowest BCUT2D eigenvalue weighted by Crippen LogP contribution is -2.24. The molecule has 0 fully saturated rings. The summed E-state index contributed by atoms with van der Waals surface area (Å²) >= 11 is 11.8. The smallest absolute Gasteiger partial charge is 0.224 e. The molecule has 0 bridgehead atoms. The Morgan fingerprint density at radius 2 is 1.61 bits per heavy atom. The molecule has 120 valence electrons. The third kappa shape index (κ3) is 5.93. The molecule has 0 radical (unpaired) electrons. The minimum absolute atomic E-state index is 0.0729. The Morgan fingerprint density at radius 3 is 2.35 bits per heavy atom. The van der Waals surface area contributed by atoms with Crippen molar-refractivity contribution >= 4 is 40.7 Å². The quantitative estimate of drug-likeness (QED) is 0.826. The molecular formula is C17H16Cl2N2O2. The van der Waals surface area contributed by atoms with E-state index < -0.39 is 0 Å². The predicted octanol–water partition coefficient (Wildman–Crippen LogP) is 4.03. The standard InChI is InChI=1S/C17H16Cl2N2O2/c18-13-6-7-14(19)15(10-13)21-17(23)9-8-16(22)20-11-12-4-2-1-3-5-12/h1-7,10H,8-9,11H2,(H,20,22)(H,21,23). The fourth-order valence-corrected chi connectivity index (χ4v) is 2.25. The van der Waals surface area contributed by atoms with Gasteiger partial charge in [-0.1, -0.05) is 53.5 Å². The SMILES string of the molecule is O=C(CCC(=O)Nc1cc(Cl)ccc1Cl)NCc1ccccc1. The molecule has 0 aromatic heterocycles. The second-order valence-corrected chi connectivity index (χ2v) is 5.78. The molecule has 4 nitrogen and oxygen atoms in total. The molecule has 0 aliphatic rings. The van der Waals surface area contributed by atoms with E-state index in [9.17, 15) is 9.59 Å². The van der Waals surface area contributed by atoms with Crippen LogP contribution in [-0.4, -0.2) is 11.8 Å². The highest BCUT2D eigenvalue weighted by molar-refractivity contribution is 6.35. The molecule has 0 heterocycles. The highest BCUT2D eigenvalue weighted by Gasteiger charge is 2.09. The Kier molecular flexibility index (Phi) is 6.44. The van der Waals surface area contributed by atoms with Crippen LogP contribution >= 0.6 is 23.2 Å². The molecular weight excluding hydrogens is 335 g/mol. The highest BCUT2D eigenvalue weighted by Crippen LogP contribution is 2.25. The van der Waals surface area contributed by atoms with Crippen molar-refractivity contribution in [1.82, 2.24) is 5.32 Å². The zero-order valence-electron chi connectivity index (χ0n) is 12.3. The fourth-order valence-electron chi connectivity index (χ4n) is 1.92. The van der Waals surface area contributed by atoms with Gasteiger partial charge in [0.1, 0.15) is 0 Å². The van der Waals surface area contributed by atoms with Crippen molar-refractivity contribution in [3.8, 4) is 0 Å². The van der Waals surface area contributed by atoms with Gasteiger partial charge in [0.15, 0.2) is 0 Å². The number of hydrogen-bond acceptors (Lipinski definition) is 2. The van der Waals surface area contributed by atoms with Crippen LogP contribution in [-0.2, 0) is 16.1 Å². The van der Waals surface area contributed by atoms with Crippen molar-refractivity contribution in [2.75, 3.05) is 5.32 Å². The van der Waals surface area contributed by atoms with E-state index in [2.05, 4.69) is 10.6 Å². The van der Waals surface area contributed by atoms with Crippen molar-refractivity contribution in [3.05, 3.63) is 64.1 Å². The van der Waals surface area contributed by atoms with Gasteiger partial charge in [0, 0.05) is 24.4 Å². The first-order valence-electron chi connectivity index (χ1n) is 7.10. The average molecular weight is 351 g/mol. The Labute approximate surface area is 144 Å². The van der Waals surface area contributed by atoms with Crippen LogP contribution in [0, 0.1) is 0 Å². The van der Waals surface area contributed by atoms with E-state index in [1.165, 1.54) is 0 Å². The van der Waals surface area contributed by atoms with Gasteiger partial charge < -0.3 is 10.6 Å². The largest absolute Gasteiger partial charge is 0.352 e. The monoisotopic (exact) mass is 350 g/mol. The lowest BCUT2D eigenvalue weighted by molar-refractivity contribution is -0.124. The van der Waals surface area contributed by atoms with Crippen molar-refractivity contribution < 1.29 is 9.59 Å². The van der Waals surface area contributed by atoms with E-state index in [1.54, 1.807) is 18.2 Å². The zero-order chi connectivity index (χ0) is 16.7.